The van der Waals surface area contributed by atoms with Gasteiger partial charge in [0.1, 0.15) is 11.6 Å². The number of halogens is 2. The molecule has 6 heteroatoms. The van der Waals surface area contributed by atoms with Crippen LogP contribution in [0.5, 0.6) is 0 Å². The number of hydrogen-bond donors (Lipinski definition) is 1. The van der Waals surface area contributed by atoms with E-state index in [9.17, 15) is 13.6 Å². The Labute approximate surface area is 129 Å². The first kappa shape index (κ1) is 17.9. The largest absolute Gasteiger partial charge is 0.354 e. The zero-order valence-corrected chi connectivity index (χ0v) is 13.6. The molecule has 0 aliphatic rings. The first-order valence-electron chi connectivity index (χ1n) is 6.75. The second-order valence-electron chi connectivity index (χ2n) is 5.22. The normalized spacial score (nSPS) is 14.0. The van der Waals surface area contributed by atoms with Crippen molar-refractivity contribution < 1.29 is 13.6 Å². The third kappa shape index (κ3) is 4.97. The topological polar surface area (TPSA) is 32.3 Å². The highest BCUT2D eigenvalue weighted by Crippen LogP contribution is 2.24. The molecule has 0 unspecified atom stereocenters. The van der Waals surface area contributed by atoms with Gasteiger partial charge in [0.2, 0.25) is 5.91 Å². The lowest BCUT2D eigenvalue weighted by atomic mass is 10.0. The van der Waals surface area contributed by atoms with Gasteiger partial charge in [-0.2, -0.15) is 11.8 Å². The van der Waals surface area contributed by atoms with E-state index in [-0.39, 0.29) is 23.9 Å². The molecule has 0 saturated carbocycles. The maximum absolute atomic E-state index is 13.9. The molecule has 118 valence electrons. The van der Waals surface area contributed by atoms with Gasteiger partial charge in [-0.15, -0.1) is 0 Å². The molecule has 1 aromatic carbocycles. The average molecular weight is 316 g/mol. The molecule has 1 aromatic rings. The predicted molar refractivity (Wildman–Crippen MR) is 83.3 cm³/mol. The van der Waals surface area contributed by atoms with E-state index >= 15 is 0 Å². The summed E-state index contributed by atoms with van der Waals surface area (Å²) >= 11 is 1.59. The van der Waals surface area contributed by atoms with Crippen LogP contribution in [0.15, 0.2) is 18.2 Å². The van der Waals surface area contributed by atoms with Gasteiger partial charge >= 0.3 is 0 Å². The van der Waals surface area contributed by atoms with Crippen LogP contribution in [0.2, 0.25) is 0 Å². The van der Waals surface area contributed by atoms with Crippen LogP contribution in [0, 0.1) is 17.6 Å². The Morgan fingerprint density at radius 2 is 1.90 bits per heavy atom. The number of hydrogen-bond acceptors (Lipinski definition) is 3. The predicted octanol–water partition coefficient (Wildman–Crippen LogP) is 2.68. The molecule has 0 aliphatic carbocycles. The van der Waals surface area contributed by atoms with E-state index in [2.05, 4.69) is 5.32 Å². The van der Waals surface area contributed by atoms with Crippen LogP contribution in [-0.2, 0) is 4.79 Å². The minimum Gasteiger partial charge on any atom is -0.354 e. The number of amides is 1. The molecule has 0 fully saturated rings. The van der Waals surface area contributed by atoms with Crippen LogP contribution in [-0.4, -0.2) is 43.5 Å². The molecular weight excluding hydrogens is 294 g/mol. The van der Waals surface area contributed by atoms with Crippen molar-refractivity contribution in [2.45, 2.75) is 13.0 Å². The number of likely N-dealkylation sites (N-methyl/N-ethyl adjacent to an activating group) is 1. The third-order valence-electron chi connectivity index (χ3n) is 3.29. The van der Waals surface area contributed by atoms with Gasteiger partial charge in [0.15, 0.2) is 0 Å². The highest BCUT2D eigenvalue weighted by Gasteiger charge is 2.23. The SMILES string of the molecule is CSC[C@H](C)C(=O)NC[C@@H](c1c(F)cccc1F)N(C)C. The summed E-state index contributed by atoms with van der Waals surface area (Å²) in [5.41, 5.74) is -0.0136. The smallest absolute Gasteiger partial charge is 0.223 e. The summed E-state index contributed by atoms with van der Waals surface area (Å²) in [6.07, 6.45) is 1.93. The van der Waals surface area contributed by atoms with Crippen molar-refractivity contribution in [3.63, 3.8) is 0 Å². The molecule has 2 atom stereocenters. The lowest BCUT2D eigenvalue weighted by molar-refractivity contribution is -0.124. The van der Waals surface area contributed by atoms with Crippen molar-refractivity contribution in [2.24, 2.45) is 5.92 Å². The van der Waals surface area contributed by atoms with E-state index in [1.807, 2.05) is 13.2 Å². The molecule has 0 aromatic heterocycles. The monoisotopic (exact) mass is 316 g/mol. The van der Waals surface area contributed by atoms with Crippen LogP contribution < -0.4 is 5.32 Å². The molecule has 0 bridgehead atoms. The summed E-state index contributed by atoms with van der Waals surface area (Å²) in [6, 6.07) is 3.25. The van der Waals surface area contributed by atoms with Crippen molar-refractivity contribution in [3.05, 3.63) is 35.4 Å². The van der Waals surface area contributed by atoms with Crippen molar-refractivity contribution in [1.82, 2.24) is 10.2 Å². The standard InChI is InChI=1S/C15H22F2N2OS/c1-10(9-21-4)15(20)18-8-13(19(2)3)14-11(16)6-5-7-12(14)17/h5-7,10,13H,8-9H2,1-4H3,(H,18,20)/t10-,13-/m0/s1. The van der Waals surface area contributed by atoms with Gasteiger partial charge in [0.25, 0.3) is 0 Å². The maximum Gasteiger partial charge on any atom is 0.223 e. The van der Waals surface area contributed by atoms with E-state index in [1.54, 1.807) is 30.8 Å². The first-order valence-corrected chi connectivity index (χ1v) is 8.14. The highest BCUT2D eigenvalue weighted by atomic mass is 32.2. The van der Waals surface area contributed by atoms with E-state index in [4.69, 9.17) is 0 Å². The van der Waals surface area contributed by atoms with Crippen molar-refractivity contribution >= 4 is 17.7 Å². The van der Waals surface area contributed by atoms with Gasteiger partial charge in [0.05, 0.1) is 6.04 Å². The van der Waals surface area contributed by atoms with Gasteiger partial charge in [-0.1, -0.05) is 13.0 Å². The van der Waals surface area contributed by atoms with E-state index in [0.717, 1.165) is 0 Å². The van der Waals surface area contributed by atoms with Gasteiger partial charge in [-0.05, 0) is 32.5 Å². The molecule has 0 aliphatic heterocycles. The quantitative estimate of drug-likeness (QED) is 0.839. The van der Waals surface area contributed by atoms with Gasteiger partial charge < -0.3 is 10.2 Å². The second-order valence-corrected chi connectivity index (χ2v) is 6.13. The van der Waals surface area contributed by atoms with Crippen LogP contribution in [0.3, 0.4) is 0 Å². The summed E-state index contributed by atoms with van der Waals surface area (Å²) in [4.78, 5) is 13.6. The zero-order valence-electron chi connectivity index (χ0n) is 12.8. The van der Waals surface area contributed by atoms with Gasteiger partial charge in [-0.25, -0.2) is 8.78 Å². The molecule has 1 rings (SSSR count). The number of rotatable bonds is 7. The van der Waals surface area contributed by atoms with E-state index < -0.39 is 17.7 Å². The Hall–Kier alpha value is -1.14. The fourth-order valence-corrected chi connectivity index (χ4v) is 2.72. The fraction of sp³-hybridized carbons (Fsp3) is 0.533. The number of thioether (sulfide) groups is 1. The third-order valence-corrected chi connectivity index (χ3v) is 4.12. The number of benzene rings is 1. The van der Waals surface area contributed by atoms with Crippen molar-refractivity contribution in [2.75, 3.05) is 32.6 Å². The van der Waals surface area contributed by atoms with Crippen molar-refractivity contribution in [1.29, 1.82) is 0 Å². The highest BCUT2D eigenvalue weighted by molar-refractivity contribution is 7.98. The summed E-state index contributed by atoms with van der Waals surface area (Å²) in [5.74, 6) is -0.714. The van der Waals surface area contributed by atoms with Crippen LogP contribution >= 0.6 is 11.8 Å². The number of nitrogens with one attached hydrogen (secondary N) is 1. The Bertz CT molecular complexity index is 462. The zero-order chi connectivity index (χ0) is 16.0. The minimum absolute atomic E-state index is 0.0136. The number of carbonyl (C=O) groups excluding carboxylic acids is 1. The second kappa shape index (κ2) is 8.34. The van der Waals surface area contributed by atoms with Crippen LogP contribution in [0.4, 0.5) is 8.78 Å². The Kier molecular flexibility index (Phi) is 7.11. The molecule has 1 N–H and O–H groups in total. The first-order chi connectivity index (χ1) is 9.88. The van der Waals surface area contributed by atoms with Crippen LogP contribution in [0.1, 0.15) is 18.5 Å². The molecule has 1 amide bonds. The summed E-state index contributed by atoms with van der Waals surface area (Å²) < 4.78 is 27.8. The fourth-order valence-electron chi connectivity index (χ4n) is 2.07. The maximum atomic E-state index is 13.9. The van der Waals surface area contributed by atoms with E-state index in [1.165, 1.54) is 18.2 Å². The summed E-state index contributed by atoms with van der Waals surface area (Å²) in [5, 5.41) is 2.77. The van der Waals surface area contributed by atoms with Gasteiger partial charge in [0, 0.05) is 23.8 Å². The molecule has 0 radical (unpaired) electrons. The summed E-state index contributed by atoms with van der Waals surface area (Å²) in [6.45, 7) is 2.00. The Balaban J connectivity index is 2.82. The number of nitrogens with zero attached hydrogens (tertiary/aromatic N) is 1. The molecular formula is C15H22F2N2OS. The van der Waals surface area contributed by atoms with E-state index in [0.29, 0.717) is 5.75 Å². The lowest BCUT2D eigenvalue weighted by Gasteiger charge is -2.26. The molecule has 21 heavy (non-hydrogen) atoms. The lowest BCUT2D eigenvalue weighted by Crippen LogP contribution is -2.38. The van der Waals surface area contributed by atoms with Gasteiger partial charge in [-0.3, -0.25) is 4.79 Å². The minimum atomic E-state index is -0.597. The molecule has 3 nitrogen and oxygen atoms in total. The number of carbonyl (C=O) groups is 1. The molecule has 0 heterocycles. The summed E-state index contributed by atoms with van der Waals surface area (Å²) in [7, 11) is 3.46. The Morgan fingerprint density at radius 1 is 1.33 bits per heavy atom. The average Bonchev–Trinajstić information content (AvgIpc) is 2.41. The van der Waals surface area contributed by atoms with Crippen molar-refractivity contribution in [3.8, 4) is 0 Å². The van der Waals surface area contributed by atoms with Crippen LogP contribution in [0.25, 0.3) is 0 Å². The molecule has 0 spiro atoms. The molecule has 0 saturated heterocycles. The Morgan fingerprint density at radius 3 is 2.38 bits per heavy atom.